The SMILES string of the molecule is CCCCC(CC)(CBr)Cc1ccc(C)c(C)c1. The average Bonchev–Trinajstić information content (AvgIpc) is 2.39. The molecule has 1 atom stereocenters. The van der Waals surface area contributed by atoms with Crippen LogP contribution in [0.1, 0.15) is 56.2 Å². The first-order valence-electron chi connectivity index (χ1n) is 7.19. The van der Waals surface area contributed by atoms with Crippen molar-refractivity contribution >= 4 is 15.9 Å². The molecule has 0 aliphatic heterocycles. The normalized spacial score (nSPS) is 14.5. The van der Waals surface area contributed by atoms with Crippen LogP contribution < -0.4 is 0 Å². The van der Waals surface area contributed by atoms with E-state index in [1.165, 1.54) is 48.8 Å². The van der Waals surface area contributed by atoms with Crippen LogP contribution in [0, 0.1) is 19.3 Å². The van der Waals surface area contributed by atoms with E-state index >= 15 is 0 Å². The van der Waals surface area contributed by atoms with Crippen LogP contribution in [0.5, 0.6) is 0 Å². The molecule has 0 fully saturated rings. The number of hydrogen-bond acceptors (Lipinski definition) is 0. The van der Waals surface area contributed by atoms with Crippen LogP contribution in [0.3, 0.4) is 0 Å². The number of aryl methyl sites for hydroxylation is 2. The van der Waals surface area contributed by atoms with E-state index < -0.39 is 0 Å². The van der Waals surface area contributed by atoms with Crippen molar-refractivity contribution < 1.29 is 0 Å². The minimum atomic E-state index is 0.442. The lowest BCUT2D eigenvalue weighted by Crippen LogP contribution is -2.25. The lowest BCUT2D eigenvalue weighted by molar-refractivity contribution is 0.284. The van der Waals surface area contributed by atoms with Gasteiger partial charge in [0.15, 0.2) is 0 Å². The van der Waals surface area contributed by atoms with Gasteiger partial charge in [0, 0.05) is 5.33 Å². The van der Waals surface area contributed by atoms with Crippen LogP contribution in [0.2, 0.25) is 0 Å². The summed E-state index contributed by atoms with van der Waals surface area (Å²) in [5, 5.41) is 1.11. The molecule has 0 aromatic heterocycles. The number of unbranched alkanes of at least 4 members (excludes halogenated alkanes) is 1. The zero-order chi connectivity index (χ0) is 13.6. The Balaban J connectivity index is 2.84. The lowest BCUT2D eigenvalue weighted by atomic mass is 9.77. The third kappa shape index (κ3) is 4.12. The molecule has 0 radical (unpaired) electrons. The van der Waals surface area contributed by atoms with E-state index in [1.807, 2.05) is 0 Å². The number of rotatable bonds is 7. The van der Waals surface area contributed by atoms with E-state index in [9.17, 15) is 0 Å². The van der Waals surface area contributed by atoms with Gasteiger partial charge in [0.1, 0.15) is 0 Å². The quantitative estimate of drug-likeness (QED) is 0.556. The topological polar surface area (TPSA) is 0 Å². The van der Waals surface area contributed by atoms with Gasteiger partial charge >= 0.3 is 0 Å². The highest BCUT2D eigenvalue weighted by Gasteiger charge is 2.26. The first-order chi connectivity index (χ1) is 8.56. The van der Waals surface area contributed by atoms with E-state index in [2.05, 4.69) is 61.8 Å². The van der Waals surface area contributed by atoms with Gasteiger partial charge in [-0.05, 0) is 55.2 Å². The van der Waals surface area contributed by atoms with E-state index in [0.717, 1.165) is 5.33 Å². The Morgan fingerprint density at radius 2 is 1.83 bits per heavy atom. The minimum Gasteiger partial charge on any atom is -0.0922 e. The van der Waals surface area contributed by atoms with Gasteiger partial charge in [-0.2, -0.15) is 0 Å². The van der Waals surface area contributed by atoms with Crippen LogP contribution in [0.15, 0.2) is 18.2 Å². The first-order valence-corrected chi connectivity index (χ1v) is 8.31. The molecule has 0 aliphatic rings. The van der Waals surface area contributed by atoms with Gasteiger partial charge in [-0.1, -0.05) is 60.8 Å². The summed E-state index contributed by atoms with van der Waals surface area (Å²) in [5.41, 5.74) is 4.75. The van der Waals surface area contributed by atoms with Crippen molar-refractivity contribution in [1.29, 1.82) is 0 Å². The van der Waals surface area contributed by atoms with Gasteiger partial charge in [0.2, 0.25) is 0 Å². The maximum Gasteiger partial charge on any atom is 0.00910 e. The lowest BCUT2D eigenvalue weighted by Gasteiger charge is -2.31. The third-order valence-corrected chi connectivity index (χ3v) is 5.43. The van der Waals surface area contributed by atoms with Crippen LogP contribution >= 0.6 is 15.9 Å². The summed E-state index contributed by atoms with van der Waals surface area (Å²) < 4.78 is 0. The van der Waals surface area contributed by atoms with Gasteiger partial charge in [-0.3, -0.25) is 0 Å². The van der Waals surface area contributed by atoms with Crippen LogP contribution in [-0.2, 0) is 6.42 Å². The fourth-order valence-corrected chi connectivity index (χ4v) is 3.37. The zero-order valence-electron chi connectivity index (χ0n) is 12.4. The van der Waals surface area contributed by atoms with Crippen LogP contribution in [0.4, 0.5) is 0 Å². The molecule has 0 bridgehead atoms. The van der Waals surface area contributed by atoms with Crippen molar-refractivity contribution in [2.75, 3.05) is 5.33 Å². The first kappa shape index (κ1) is 15.8. The van der Waals surface area contributed by atoms with Crippen molar-refractivity contribution in [3.8, 4) is 0 Å². The number of halogens is 1. The molecule has 0 heterocycles. The molecular formula is C17H27Br. The summed E-state index contributed by atoms with van der Waals surface area (Å²) in [6.45, 7) is 9.02. The Kier molecular flexibility index (Phi) is 6.42. The second-order valence-electron chi connectivity index (χ2n) is 5.69. The third-order valence-electron chi connectivity index (χ3n) is 4.24. The Labute approximate surface area is 121 Å². The Morgan fingerprint density at radius 1 is 1.11 bits per heavy atom. The summed E-state index contributed by atoms with van der Waals surface area (Å²) >= 11 is 3.75. The van der Waals surface area contributed by atoms with Crippen LogP contribution in [0.25, 0.3) is 0 Å². The maximum atomic E-state index is 3.75. The van der Waals surface area contributed by atoms with E-state index in [-0.39, 0.29) is 0 Å². The van der Waals surface area contributed by atoms with Crippen LogP contribution in [-0.4, -0.2) is 5.33 Å². The monoisotopic (exact) mass is 310 g/mol. The molecule has 102 valence electrons. The van der Waals surface area contributed by atoms with E-state index in [0.29, 0.717) is 5.41 Å². The molecule has 0 saturated carbocycles. The summed E-state index contributed by atoms with van der Waals surface area (Å²) in [6, 6.07) is 6.94. The number of alkyl halides is 1. The smallest absolute Gasteiger partial charge is 0.00910 e. The van der Waals surface area contributed by atoms with Gasteiger partial charge in [0.25, 0.3) is 0 Å². The molecule has 0 amide bonds. The number of hydrogen-bond donors (Lipinski definition) is 0. The summed E-state index contributed by atoms with van der Waals surface area (Å²) in [7, 11) is 0. The Bertz CT molecular complexity index is 364. The summed E-state index contributed by atoms with van der Waals surface area (Å²) in [6.07, 6.45) is 6.42. The number of benzene rings is 1. The molecular weight excluding hydrogens is 284 g/mol. The predicted octanol–water partition coefficient (Wildman–Crippen LogP) is 5.83. The molecule has 0 nitrogen and oxygen atoms in total. The molecule has 18 heavy (non-hydrogen) atoms. The second-order valence-corrected chi connectivity index (χ2v) is 6.25. The molecule has 1 aromatic carbocycles. The van der Waals surface area contributed by atoms with Crippen molar-refractivity contribution in [3.63, 3.8) is 0 Å². The molecule has 0 aliphatic carbocycles. The zero-order valence-corrected chi connectivity index (χ0v) is 13.9. The summed E-state index contributed by atoms with van der Waals surface area (Å²) in [5.74, 6) is 0. The standard InChI is InChI=1S/C17H27Br/c1-5-7-10-17(6-2,13-18)12-16-9-8-14(3)15(4)11-16/h8-9,11H,5-7,10,12-13H2,1-4H3. The van der Waals surface area contributed by atoms with Crippen molar-refractivity contribution in [3.05, 3.63) is 34.9 Å². The molecule has 1 aromatic rings. The predicted molar refractivity (Wildman–Crippen MR) is 85.7 cm³/mol. The van der Waals surface area contributed by atoms with E-state index in [4.69, 9.17) is 0 Å². The highest BCUT2D eigenvalue weighted by molar-refractivity contribution is 9.09. The molecule has 0 saturated heterocycles. The van der Waals surface area contributed by atoms with Crippen molar-refractivity contribution in [2.24, 2.45) is 5.41 Å². The molecule has 0 N–H and O–H groups in total. The second kappa shape index (κ2) is 7.33. The Morgan fingerprint density at radius 3 is 2.33 bits per heavy atom. The molecule has 1 unspecified atom stereocenters. The fourth-order valence-electron chi connectivity index (χ4n) is 2.50. The van der Waals surface area contributed by atoms with E-state index in [1.54, 1.807) is 0 Å². The molecule has 1 heteroatoms. The largest absolute Gasteiger partial charge is 0.0922 e. The van der Waals surface area contributed by atoms with Crippen molar-refractivity contribution in [1.82, 2.24) is 0 Å². The highest BCUT2D eigenvalue weighted by atomic mass is 79.9. The van der Waals surface area contributed by atoms with Crippen molar-refractivity contribution in [2.45, 2.75) is 59.8 Å². The molecule has 1 rings (SSSR count). The van der Waals surface area contributed by atoms with Gasteiger partial charge < -0.3 is 0 Å². The minimum absolute atomic E-state index is 0.442. The molecule has 0 spiro atoms. The average molecular weight is 311 g/mol. The highest BCUT2D eigenvalue weighted by Crippen LogP contribution is 2.35. The summed E-state index contributed by atoms with van der Waals surface area (Å²) in [4.78, 5) is 0. The van der Waals surface area contributed by atoms with Gasteiger partial charge in [0.05, 0.1) is 0 Å². The Hall–Kier alpha value is -0.300. The maximum absolute atomic E-state index is 3.75. The van der Waals surface area contributed by atoms with Gasteiger partial charge in [-0.15, -0.1) is 0 Å². The van der Waals surface area contributed by atoms with Gasteiger partial charge in [-0.25, -0.2) is 0 Å². The fraction of sp³-hybridized carbons (Fsp3) is 0.647.